The van der Waals surface area contributed by atoms with Gasteiger partial charge in [-0.3, -0.25) is 4.79 Å². The summed E-state index contributed by atoms with van der Waals surface area (Å²) in [6.45, 7) is 4.72. The second kappa shape index (κ2) is 8.08. The minimum atomic E-state index is -4.81. The zero-order valence-corrected chi connectivity index (χ0v) is 8.49. The van der Waals surface area contributed by atoms with E-state index in [-0.39, 0.29) is 6.29 Å². The van der Waals surface area contributed by atoms with Crippen LogP contribution in [0.15, 0.2) is 24.8 Å². The largest absolute Gasteiger partial charge is 0.478 e. The number of carboxylic acids is 1. The molecule has 0 saturated heterocycles. The smallest absolute Gasteiger partial charge is 0.422 e. The van der Waals surface area contributed by atoms with Crippen molar-refractivity contribution in [2.45, 2.75) is 6.18 Å². The number of hydrogen-bond acceptors (Lipinski definition) is 4. The van der Waals surface area contributed by atoms with Crippen LogP contribution in [0.4, 0.5) is 13.2 Å². The molecule has 96 valence electrons. The number of aldehydes is 1. The van der Waals surface area contributed by atoms with Crippen molar-refractivity contribution < 1.29 is 37.4 Å². The van der Waals surface area contributed by atoms with Crippen molar-refractivity contribution in [2.75, 3.05) is 6.61 Å². The first kappa shape index (κ1) is 17.3. The Hall–Kier alpha value is -2.12. The van der Waals surface area contributed by atoms with Crippen molar-refractivity contribution in [3.63, 3.8) is 0 Å². The molecule has 0 rings (SSSR count). The van der Waals surface area contributed by atoms with Crippen LogP contribution in [0.25, 0.3) is 0 Å². The molecule has 0 spiro atoms. The number of hydrogen-bond donors (Lipinski definition) is 1. The highest BCUT2D eigenvalue weighted by Gasteiger charge is 2.37. The molecule has 0 amide bonds. The maximum Gasteiger partial charge on any atom is 0.422 e. The Morgan fingerprint density at radius 3 is 2.00 bits per heavy atom. The average molecular weight is 254 g/mol. The maximum absolute atomic E-state index is 11.6. The topological polar surface area (TPSA) is 80.7 Å². The lowest BCUT2D eigenvalue weighted by Gasteiger charge is -2.07. The van der Waals surface area contributed by atoms with E-state index in [4.69, 9.17) is 5.11 Å². The predicted molar refractivity (Wildman–Crippen MR) is 50.1 cm³/mol. The van der Waals surface area contributed by atoms with E-state index < -0.39 is 30.3 Å². The van der Waals surface area contributed by atoms with E-state index in [0.29, 0.717) is 0 Å². The molecule has 0 radical (unpaired) electrons. The number of alkyl halides is 3. The zero-order chi connectivity index (χ0) is 14.1. The van der Waals surface area contributed by atoms with E-state index in [1.165, 1.54) is 0 Å². The molecular weight excluding hydrogens is 245 g/mol. The van der Waals surface area contributed by atoms with Gasteiger partial charge in [-0.05, 0) is 0 Å². The summed E-state index contributed by atoms with van der Waals surface area (Å²) in [5.74, 6) is -2.61. The van der Waals surface area contributed by atoms with Crippen LogP contribution in [-0.2, 0) is 19.1 Å². The summed E-state index contributed by atoms with van der Waals surface area (Å²) in [6.07, 6.45) is -3.80. The molecule has 1 N–H and O–H groups in total. The van der Waals surface area contributed by atoms with Crippen molar-refractivity contribution in [1.82, 2.24) is 0 Å². The van der Waals surface area contributed by atoms with Crippen LogP contribution in [0.3, 0.4) is 0 Å². The summed E-state index contributed by atoms with van der Waals surface area (Å²) in [6, 6.07) is 0. The Morgan fingerprint density at radius 1 is 1.35 bits per heavy atom. The van der Waals surface area contributed by atoms with E-state index in [9.17, 15) is 27.6 Å². The van der Waals surface area contributed by atoms with Gasteiger partial charge in [-0.1, -0.05) is 13.2 Å². The number of esters is 1. The lowest BCUT2D eigenvalue weighted by atomic mass is 10.3. The molecule has 0 aromatic heterocycles. The molecule has 0 heterocycles. The standard InChI is InChI=1S/C6H5F3O3.C3H4O2/c1-4(6(7,8)9)5(11)12-3-2-10;1-2-3(4)5/h2H,1,3H2;2H,1H2,(H,4,5). The molecule has 5 nitrogen and oxygen atoms in total. The van der Waals surface area contributed by atoms with Crippen LogP contribution in [0, 0.1) is 0 Å². The minimum absolute atomic E-state index is 0.168. The van der Waals surface area contributed by atoms with Gasteiger partial charge in [0.15, 0.2) is 6.29 Å². The van der Waals surface area contributed by atoms with Crippen LogP contribution >= 0.6 is 0 Å². The fourth-order valence-electron chi connectivity index (χ4n) is 0.313. The normalized spacial score (nSPS) is 9.35. The summed E-state index contributed by atoms with van der Waals surface area (Å²) in [4.78, 5) is 29.2. The highest BCUT2D eigenvalue weighted by molar-refractivity contribution is 5.89. The Bertz CT molecular complexity index is 319. The average Bonchev–Trinajstić information content (AvgIpc) is 2.24. The van der Waals surface area contributed by atoms with Crippen molar-refractivity contribution >= 4 is 18.2 Å². The quantitative estimate of drug-likeness (QED) is 0.461. The second-order valence-electron chi connectivity index (χ2n) is 2.28. The van der Waals surface area contributed by atoms with Crippen LogP contribution in [0.2, 0.25) is 0 Å². The van der Waals surface area contributed by atoms with Gasteiger partial charge in [0.25, 0.3) is 0 Å². The molecule has 17 heavy (non-hydrogen) atoms. The Balaban J connectivity index is 0. The van der Waals surface area contributed by atoms with Crippen molar-refractivity contribution in [3.8, 4) is 0 Å². The van der Waals surface area contributed by atoms with E-state index in [1.807, 2.05) is 0 Å². The van der Waals surface area contributed by atoms with Crippen LogP contribution in [0.5, 0.6) is 0 Å². The fourth-order valence-corrected chi connectivity index (χ4v) is 0.313. The summed E-state index contributed by atoms with van der Waals surface area (Å²) >= 11 is 0. The number of rotatable bonds is 4. The molecule has 0 aromatic carbocycles. The number of carbonyl (C=O) groups is 3. The van der Waals surface area contributed by atoms with Gasteiger partial charge in [-0.2, -0.15) is 13.2 Å². The molecule has 0 aliphatic rings. The highest BCUT2D eigenvalue weighted by Crippen LogP contribution is 2.24. The first-order valence-electron chi connectivity index (χ1n) is 3.89. The van der Waals surface area contributed by atoms with Crippen LogP contribution in [0.1, 0.15) is 0 Å². The molecule has 0 bridgehead atoms. The molecule has 0 aromatic rings. The van der Waals surface area contributed by atoms with Crippen molar-refractivity contribution in [2.24, 2.45) is 0 Å². The van der Waals surface area contributed by atoms with Gasteiger partial charge in [0.05, 0.1) is 0 Å². The monoisotopic (exact) mass is 254 g/mol. The molecule has 0 unspecified atom stereocenters. The summed E-state index contributed by atoms with van der Waals surface area (Å²) in [5.41, 5.74) is -1.62. The molecule has 0 saturated carbocycles. The SMILES string of the molecule is C=C(C(=O)OCC=O)C(F)(F)F.C=CC(=O)O. The number of carboxylic acid groups (broad SMARTS) is 1. The van der Waals surface area contributed by atoms with E-state index >= 15 is 0 Å². The van der Waals surface area contributed by atoms with Crippen LogP contribution < -0.4 is 0 Å². The van der Waals surface area contributed by atoms with Gasteiger partial charge in [-0.25, -0.2) is 9.59 Å². The number of carbonyl (C=O) groups excluding carboxylic acids is 2. The Morgan fingerprint density at radius 2 is 1.76 bits per heavy atom. The zero-order valence-electron chi connectivity index (χ0n) is 8.49. The van der Waals surface area contributed by atoms with Crippen molar-refractivity contribution in [1.29, 1.82) is 0 Å². The summed E-state index contributed by atoms with van der Waals surface area (Å²) < 4.78 is 38.8. The van der Waals surface area contributed by atoms with Crippen molar-refractivity contribution in [3.05, 3.63) is 24.8 Å². The van der Waals surface area contributed by atoms with Gasteiger partial charge in [0.1, 0.15) is 12.2 Å². The van der Waals surface area contributed by atoms with Gasteiger partial charge in [0, 0.05) is 6.08 Å². The Labute approximate surface area is 94.2 Å². The number of ether oxygens (including phenoxy) is 1. The highest BCUT2D eigenvalue weighted by atomic mass is 19.4. The third-order valence-corrected chi connectivity index (χ3v) is 1.05. The summed E-state index contributed by atoms with van der Waals surface area (Å²) in [7, 11) is 0. The van der Waals surface area contributed by atoms with Gasteiger partial charge >= 0.3 is 18.1 Å². The predicted octanol–water partition coefficient (Wildman–Crippen LogP) is 1.10. The van der Waals surface area contributed by atoms with Gasteiger partial charge < -0.3 is 9.84 Å². The first-order chi connectivity index (χ1) is 7.66. The third-order valence-electron chi connectivity index (χ3n) is 1.05. The molecule has 0 aliphatic carbocycles. The molecule has 0 atom stereocenters. The van der Waals surface area contributed by atoms with Gasteiger partial charge in [-0.15, -0.1) is 0 Å². The van der Waals surface area contributed by atoms with Crippen LogP contribution in [-0.4, -0.2) is 36.1 Å². The molecule has 0 fully saturated rings. The van der Waals surface area contributed by atoms with Gasteiger partial charge in [0.2, 0.25) is 0 Å². The van der Waals surface area contributed by atoms with E-state index in [0.717, 1.165) is 6.08 Å². The molecule has 0 aliphatic heterocycles. The third kappa shape index (κ3) is 10.2. The fraction of sp³-hybridized carbons (Fsp3) is 0.222. The first-order valence-corrected chi connectivity index (χ1v) is 3.89. The lowest BCUT2D eigenvalue weighted by Crippen LogP contribution is -2.21. The minimum Gasteiger partial charge on any atom is -0.478 e. The lowest BCUT2D eigenvalue weighted by molar-refractivity contribution is -0.152. The number of halogens is 3. The van der Waals surface area contributed by atoms with E-state index in [2.05, 4.69) is 17.9 Å². The number of aliphatic carboxylic acids is 1. The Kier molecular flexibility index (Phi) is 8.21. The summed E-state index contributed by atoms with van der Waals surface area (Å²) in [5, 5.41) is 7.60. The molecular formula is C9H9F3O5. The van der Waals surface area contributed by atoms with E-state index in [1.54, 1.807) is 0 Å². The molecule has 8 heteroatoms. The maximum atomic E-state index is 11.6. The second-order valence-corrected chi connectivity index (χ2v) is 2.28.